The Morgan fingerprint density at radius 2 is 2.04 bits per heavy atom. The Bertz CT molecular complexity index is 793. The van der Waals surface area contributed by atoms with Gasteiger partial charge in [-0.1, -0.05) is 13.3 Å². The lowest BCUT2D eigenvalue weighted by Gasteiger charge is -2.11. The average Bonchev–Trinajstić information content (AvgIpc) is 2.58. The van der Waals surface area contributed by atoms with Crippen molar-refractivity contribution in [3.8, 4) is 5.75 Å². The lowest BCUT2D eigenvalue weighted by Crippen LogP contribution is -2.13. The number of aryl methyl sites for hydroxylation is 1. The van der Waals surface area contributed by atoms with Gasteiger partial charge < -0.3 is 10.1 Å². The Balaban J connectivity index is 2.10. The molecular formula is C18H19BrN2O4. The van der Waals surface area contributed by atoms with Crippen molar-refractivity contribution < 1.29 is 14.5 Å². The number of nitro groups is 1. The SMILES string of the molecule is CCCCOc1ccc(C(=O)Nc2ccc([N+](=O)[O-])cc2C)cc1Br. The fraction of sp³-hybridized carbons (Fsp3) is 0.278. The Morgan fingerprint density at radius 3 is 2.64 bits per heavy atom. The van der Waals surface area contributed by atoms with Crippen molar-refractivity contribution in [2.75, 3.05) is 11.9 Å². The van der Waals surface area contributed by atoms with Gasteiger partial charge in [-0.25, -0.2) is 0 Å². The Morgan fingerprint density at radius 1 is 1.28 bits per heavy atom. The number of carbonyl (C=O) groups is 1. The van der Waals surface area contributed by atoms with E-state index in [0.717, 1.165) is 12.8 Å². The topological polar surface area (TPSA) is 81.5 Å². The first-order chi connectivity index (χ1) is 11.9. The van der Waals surface area contributed by atoms with Gasteiger partial charge in [0, 0.05) is 23.4 Å². The zero-order valence-corrected chi connectivity index (χ0v) is 15.6. The maximum atomic E-state index is 12.4. The van der Waals surface area contributed by atoms with Crippen LogP contribution >= 0.6 is 15.9 Å². The van der Waals surface area contributed by atoms with E-state index in [9.17, 15) is 14.9 Å². The molecule has 1 N–H and O–H groups in total. The molecule has 0 aliphatic rings. The van der Waals surface area contributed by atoms with Crippen molar-refractivity contribution >= 4 is 33.2 Å². The molecule has 0 fully saturated rings. The average molecular weight is 407 g/mol. The summed E-state index contributed by atoms with van der Waals surface area (Å²) in [6, 6.07) is 9.44. The fourth-order valence-corrected chi connectivity index (χ4v) is 2.67. The Hall–Kier alpha value is -2.41. The number of nitrogens with zero attached hydrogens (tertiary/aromatic N) is 1. The lowest BCUT2D eigenvalue weighted by atomic mass is 10.1. The molecule has 2 rings (SSSR count). The summed E-state index contributed by atoms with van der Waals surface area (Å²) in [5, 5.41) is 13.5. The Labute approximate surface area is 154 Å². The first-order valence-electron chi connectivity index (χ1n) is 7.91. The first kappa shape index (κ1) is 18.9. The predicted molar refractivity (Wildman–Crippen MR) is 100 cm³/mol. The van der Waals surface area contributed by atoms with Gasteiger partial charge in [0.05, 0.1) is 16.0 Å². The molecule has 0 heterocycles. The Kier molecular flexibility index (Phi) is 6.52. The van der Waals surface area contributed by atoms with Crippen molar-refractivity contribution in [1.82, 2.24) is 0 Å². The highest BCUT2D eigenvalue weighted by molar-refractivity contribution is 9.10. The van der Waals surface area contributed by atoms with Crippen molar-refractivity contribution in [2.45, 2.75) is 26.7 Å². The lowest BCUT2D eigenvalue weighted by molar-refractivity contribution is -0.384. The third kappa shape index (κ3) is 5.03. The normalized spacial score (nSPS) is 10.4. The number of nitrogens with one attached hydrogen (secondary N) is 1. The van der Waals surface area contributed by atoms with E-state index >= 15 is 0 Å². The summed E-state index contributed by atoms with van der Waals surface area (Å²) >= 11 is 3.41. The number of non-ortho nitro benzene ring substituents is 1. The second-order valence-electron chi connectivity index (χ2n) is 5.56. The molecule has 0 aromatic heterocycles. The molecule has 0 saturated heterocycles. The summed E-state index contributed by atoms with van der Waals surface area (Å²) in [5.41, 5.74) is 1.62. The maximum absolute atomic E-state index is 12.4. The van der Waals surface area contributed by atoms with E-state index in [-0.39, 0.29) is 11.6 Å². The number of hydrogen-bond acceptors (Lipinski definition) is 4. The van der Waals surface area contributed by atoms with E-state index in [1.54, 1.807) is 25.1 Å². The van der Waals surface area contributed by atoms with Crippen molar-refractivity contribution in [3.05, 3.63) is 62.1 Å². The molecular weight excluding hydrogens is 388 g/mol. The number of nitro benzene ring substituents is 1. The summed E-state index contributed by atoms with van der Waals surface area (Å²) in [4.78, 5) is 22.7. The maximum Gasteiger partial charge on any atom is 0.269 e. The van der Waals surface area contributed by atoms with Gasteiger partial charge >= 0.3 is 0 Å². The molecule has 0 spiro atoms. The van der Waals surface area contributed by atoms with Crippen molar-refractivity contribution in [3.63, 3.8) is 0 Å². The van der Waals surface area contributed by atoms with Gasteiger partial charge in [-0.05, 0) is 59.1 Å². The van der Waals surface area contributed by atoms with Gasteiger partial charge in [0.1, 0.15) is 5.75 Å². The number of benzene rings is 2. The highest BCUT2D eigenvalue weighted by Gasteiger charge is 2.13. The molecule has 132 valence electrons. The number of unbranched alkanes of at least 4 members (excludes halogenated alkanes) is 1. The fourth-order valence-electron chi connectivity index (χ4n) is 2.18. The molecule has 2 aromatic carbocycles. The first-order valence-corrected chi connectivity index (χ1v) is 8.70. The molecule has 25 heavy (non-hydrogen) atoms. The van der Waals surface area contributed by atoms with Gasteiger partial charge in [-0.2, -0.15) is 0 Å². The smallest absolute Gasteiger partial charge is 0.269 e. The van der Waals surface area contributed by atoms with Crippen molar-refractivity contribution in [2.24, 2.45) is 0 Å². The van der Waals surface area contributed by atoms with Crippen LogP contribution in [0.5, 0.6) is 5.75 Å². The summed E-state index contributed by atoms with van der Waals surface area (Å²) in [6.07, 6.45) is 2.01. The standard InChI is InChI=1S/C18H19BrN2O4/c1-3-4-9-25-17-8-5-13(11-15(17)19)18(22)20-16-7-6-14(21(23)24)10-12(16)2/h5-8,10-11H,3-4,9H2,1-2H3,(H,20,22). The van der Waals surface area contributed by atoms with E-state index in [0.29, 0.717) is 33.6 Å². The van der Waals surface area contributed by atoms with Crippen LogP contribution in [0, 0.1) is 17.0 Å². The van der Waals surface area contributed by atoms with Crippen LogP contribution in [0.1, 0.15) is 35.7 Å². The van der Waals surface area contributed by atoms with Crippen LogP contribution in [0.3, 0.4) is 0 Å². The minimum absolute atomic E-state index is 0.00757. The molecule has 0 atom stereocenters. The largest absolute Gasteiger partial charge is 0.492 e. The van der Waals surface area contributed by atoms with Gasteiger partial charge in [-0.3, -0.25) is 14.9 Å². The molecule has 0 aliphatic carbocycles. The quantitative estimate of drug-likeness (QED) is 0.394. The molecule has 6 nitrogen and oxygen atoms in total. The van der Waals surface area contributed by atoms with E-state index < -0.39 is 4.92 Å². The monoisotopic (exact) mass is 406 g/mol. The van der Waals surface area contributed by atoms with Gasteiger partial charge in [0.15, 0.2) is 0 Å². The van der Waals surface area contributed by atoms with Crippen LogP contribution in [0.15, 0.2) is 40.9 Å². The predicted octanol–water partition coefficient (Wildman–Crippen LogP) is 5.10. The van der Waals surface area contributed by atoms with E-state index in [1.807, 2.05) is 0 Å². The molecule has 0 saturated carbocycles. The highest BCUT2D eigenvalue weighted by Crippen LogP contribution is 2.27. The second-order valence-corrected chi connectivity index (χ2v) is 6.41. The van der Waals surface area contributed by atoms with Gasteiger partial charge in [-0.15, -0.1) is 0 Å². The summed E-state index contributed by atoms with van der Waals surface area (Å²) in [5.74, 6) is 0.397. The number of anilines is 1. The summed E-state index contributed by atoms with van der Waals surface area (Å²) in [7, 11) is 0. The number of carbonyl (C=O) groups excluding carboxylic acids is 1. The molecule has 1 amide bonds. The zero-order valence-electron chi connectivity index (χ0n) is 14.0. The number of ether oxygens (including phenoxy) is 1. The van der Waals surface area contributed by atoms with Gasteiger partial charge in [0.25, 0.3) is 11.6 Å². The molecule has 2 aromatic rings. The second kappa shape index (κ2) is 8.62. The van der Waals surface area contributed by atoms with Crippen LogP contribution in [-0.4, -0.2) is 17.4 Å². The molecule has 0 unspecified atom stereocenters. The van der Waals surface area contributed by atoms with Crippen LogP contribution in [0.2, 0.25) is 0 Å². The minimum Gasteiger partial charge on any atom is -0.492 e. The van der Waals surface area contributed by atoms with Crippen LogP contribution in [0.25, 0.3) is 0 Å². The van der Waals surface area contributed by atoms with Crippen LogP contribution in [0.4, 0.5) is 11.4 Å². The van der Waals surface area contributed by atoms with E-state index in [4.69, 9.17) is 4.74 Å². The van der Waals surface area contributed by atoms with E-state index in [2.05, 4.69) is 28.2 Å². The highest BCUT2D eigenvalue weighted by atomic mass is 79.9. The third-order valence-corrected chi connectivity index (χ3v) is 4.24. The number of rotatable bonds is 7. The minimum atomic E-state index is -0.465. The number of halogens is 1. The number of amides is 1. The van der Waals surface area contributed by atoms with Crippen molar-refractivity contribution in [1.29, 1.82) is 0 Å². The van der Waals surface area contributed by atoms with Crippen LogP contribution < -0.4 is 10.1 Å². The third-order valence-electron chi connectivity index (χ3n) is 3.62. The van der Waals surface area contributed by atoms with Gasteiger partial charge in [0.2, 0.25) is 0 Å². The molecule has 7 heteroatoms. The summed E-state index contributed by atoms with van der Waals surface area (Å²) in [6.45, 7) is 4.43. The molecule has 0 bridgehead atoms. The molecule has 0 radical (unpaired) electrons. The summed E-state index contributed by atoms with van der Waals surface area (Å²) < 4.78 is 6.35. The van der Waals surface area contributed by atoms with Crippen LogP contribution in [-0.2, 0) is 0 Å². The number of hydrogen-bond donors (Lipinski definition) is 1. The zero-order chi connectivity index (χ0) is 18.4. The van der Waals surface area contributed by atoms with E-state index in [1.165, 1.54) is 18.2 Å². The molecule has 0 aliphatic heterocycles.